The van der Waals surface area contributed by atoms with E-state index in [0.29, 0.717) is 23.8 Å². The van der Waals surface area contributed by atoms with E-state index in [1.165, 1.54) is 12.1 Å². The molecule has 2 rings (SSSR count). The van der Waals surface area contributed by atoms with Crippen molar-refractivity contribution < 1.29 is 14.3 Å². The Bertz CT molecular complexity index is 475. The van der Waals surface area contributed by atoms with E-state index >= 15 is 0 Å². The monoisotopic (exact) mass is 328 g/mol. The Morgan fingerprint density at radius 1 is 1.44 bits per heavy atom. The van der Waals surface area contributed by atoms with E-state index in [-0.39, 0.29) is 11.7 Å². The number of hydrogen-bond acceptors (Lipinski definition) is 3. The molecule has 0 N–H and O–H groups in total. The second kappa shape index (κ2) is 5.33. The van der Waals surface area contributed by atoms with Crippen molar-refractivity contribution in [3.8, 4) is 11.5 Å². The van der Waals surface area contributed by atoms with E-state index < -0.39 is 9.76 Å². The summed E-state index contributed by atoms with van der Waals surface area (Å²) in [6.45, 7) is 0.352. The van der Waals surface area contributed by atoms with Crippen LogP contribution in [0, 0.1) is 5.92 Å². The molecule has 1 aliphatic rings. The van der Waals surface area contributed by atoms with Crippen molar-refractivity contribution in [3.05, 3.63) is 23.2 Å². The zero-order valence-corrected chi connectivity index (χ0v) is 12.0. The van der Waals surface area contributed by atoms with Gasteiger partial charge in [0.1, 0.15) is 15.8 Å². The predicted molar refractivity (Wildman–Crippen MR) is 71.4 cm³/mol. The Labute approximate surface area is 124 Å². The van der Waals surface area contributed by atoms with Gasteiger partial charge in [-0.1, -0.05) is 11.6 Å². The van der Waals surface area contributed by atoms with Gasteiger partial charge in [0.2, 0.25) is 0 Å². The van der Waals surface area contributed by atoms with Crippen LogP contribution in [0.15, 0.2) is 18.2 Å². The fourth-order valence-corrected chi connectivity index (χ4v) is 2.15. The number of alkyl halides is 2. The minimum Gasteiger partial charge on any atom is -0.491 e. The van der Waals surface area contributed by atoms with Crippen molar-refractivity contribution >= 4 is 51.8 Å². The molecular formula is C11H8Cl4O3. The Balaban J connectivity index is 2.00. The summed E-state index contributed by atoms with van der Waals surface area (Å²) in [6, 6.07) is 4.54. The molecular weight excluding hydrogens is 322 g/mol. The van der Waals surface area contributed by atoms with Gasteiger partial charge in [-0.2, -0.15) is 0 Å². The van der Waals surface area contributed by atoms with Crippen LogP contribution < -0.4 is 9.47 Å². The second-order valence-electron chi connectivity index (χ2n) is 3.91. The molecule has 0 amide bonds. The minimum absolute atomic E-state index is 0.0798. The summed E-state index contributed by atoms with van der Waals surface area (Å²) in [4.78, 5) is 10.6. The summed E-state index contributed by atoms with van der Waals surface area (Å²) in [5, 5.41) is 0.403. The molecule has 1 saturated carbocycles. The number of halogens is 4. The lowest BCUT2D eigenvalue weighted by Crippen LogP contribution is -2.05. The molecule has 0 heterocycles. The van der Waals surface area contributed by atoms with E-state index in [9.17, 15) is 4.79 Å². The molecule has 1 aromatic carbocycles. The molecule has 1 unspecified atom stereocenters. The summed E-state index contributed by atoms with van der Waals surface area (Å²) in [7, 11) is 0. The average Bonchev–Trinajstić information content (AvgIpc) is 2.87. The summed E-state index contributed by atoms with van der Waals surface area (Å²) < 4.78 is 9.49. The molecule has 0 aliphatic heterocycles. The maximum absolute atomic E-state index is 10.6. The Kier molecular flexibility index (Phi) is 4.17. The highest BCUT2D eigenvalue weighted by atomic mass is 35.5. The van der Waals surface area contributed by atoms with Gasteiger partial charge in [0.25, 0.3) is 0 Å². The molecule has 0 radical (unpaired) electrons. The highest BCUT2D eigenvalue weighted by Crippen LogP contribution is 2.53. The van der Waals surface area contributed by atoms with Crippen LogP contribution in [0.2, 0.25) is 5.02 Å². The lowest BCUT2D eigenvalue weighted by atomic mass is 10.3. The molecule has 0 aromatic heterocycles. The van der Waals surface area contributed by atoms with Gasteiger partial charge in [-0.05, 0) is 18.6 Å². The first-order valence-electron chi connectivity index (χ1n) is 5.06. The van der Waals surface area contributed by atoms with Crippen LogP contribution in [-0.2, 0) is 0 Å². The molecule has 1 atom stereocenters. The number of ether oxygens (including phenoxy) is 2. The Morgan fingerprint density at radius 3 is 2.67 bits per heavy atom. The minimum atomic E-state index is -0.925. The van der Waals surface area contributed by atoms with Crippen LogP contribution >= 0.6 is 46.4 Å². The first-order valence-corrected chi connectivity index (χ1v) is 6.57. The number of carbonyl (C=O) groups excluding carboxylic acids is 1. The number of carbonyl (C=O) groups is 1. The van der Waals surface area contributed by atoms with Crippen LogP contribution in [0.5, 0.6) is 11.5 Å². The van der Waals surface area contributed by atoms with Gasteiger partial charge in [-0.25, -0.2) is 4.79 Å². The summed E-state index contributed by atoms with van der Waals surface area (Å²) in [5.74, 6) is 0.729. The third-order valence-corrected chi connectivity index (χ3v) is 3.81. The topological polar surface area (TPSA) is 35.5 Å². The maximum atomic E-state index is 10.6. The zero-order valence-electron chi connectivity index (χ0n) is 8.96. The van der Waals surface area contributed by atoms with E-state index in [2.05, 4.69) is 0 Å². The van der Waals surface area contributed by atoms with Crippen LogP contribution in [0.1, 0.15) is 6.42 Å². The molecule has 1 aromatic rings. The summed E-state index contributed by atoms with van der Waals surface area (Å²) >= 11 is 22.8. The van der Waals surface area contributed by atoms with Gasteiger partial charge >= 0.3 is 5.43 Å². The summed E-state index contributed by atoms with van der Waals surface area (Å²) in [6.07, 6.45) is 0.685. The van der Waals surface area contributed by atoms with Crippen molar-refractivity contribution in [2.45, 2.75) is 10.8 Å². The van der Waals surface area contributed by atoms with Gasteiger partial charge in [0.15, 0.2) is 0 Å². The number of rotatable bonds is 4. The van der Waals surface area contributed by atoms with Crippen LogP contribution in [0.4, 0.5) is 4.79 Å². The lowest BCUT2D eigenvalue weighted by Gasteiger charge is -2.09. The molecule has 3 nitrogen and oxygen atoms in total. The molecule has 7 heteroatoms. The molecule has 0 bridgehead atoms. The van der Waals surface area contributed by atoms with Gasteiger partial charge in [-0.3, -0.25) is 0 Å². The normalized spacial score (nSPS) is 20.3. The lowest BCUT2D eigenvalue weighted by molar-refractivity contribution is 0.225. The average molecular weight is 330 g/mol. The van der Waals surface area contributed by atoms with Crippen molar-refractivity contribution in [2.24, 2.45) is 5.92 Å². The van der Waals surface area contributed by atoms with Crippen LogP contribution in [-0.4, -0.2) is 16.4 Å². The fraction of sp³-hybridized carbons (Fsp3) is 0.364. The van der Waals surface area contributed by atoms with E-state index in [0.717, 1.165) is 0 Å². The maximum Gasteiger partial charge on any atom is 0.409 e. The first kappa shape index (κ1) is 14.1. The standard InChI is InChI=1S/C11H8Cl4O3/c12-8-2-1-7(18-10(13)16)3-9(8)17-5-6-4-11(6,14)15/h1-3,6H,4-5H2. The summed E-state index contributed by atoms with van der Waals surface area (Å²) in [5.41, 5.74) is -0.925. The zero-order chi connectivity index (χ0) is 13.3. The predicted octanol–water partition coefficient (Wildman–Crippen LogP) is 4.65. The van der Waals surface area contributed by atoms with Gasteiger partial charge in [0, 0.05) is 23.6 Å². The highest BCUT2D eigenvalue weighted by molar-refractivity contribution is 6.61. The second-order valence-corrected chi connectivity index (χ2v) is 6.16. The highest BCUT2D eigenvalue weighted by Gasteiger charge is 2.52. The Morgan fingerprint density at radius 2 is 2.11 bits per heavy atom. The SMILES string of the molecule is O=C(Cl)Oc1ccc(Cl)c(OCC2CC2(Cl)Cl)c1. The van der Waals surface area contributed by atoms with E-state index in [1.807, 2.05) is 0 Å². The third kappa shape index (κ3) is 3.58. The van der Waals surface area contributed by atoms with Gasteiger partial charge in [-0.15, -0.1) is 23.2 Å². The number of hydrogen-bond donors (Lipinski definition) is 0. The van der Waals surface area contributed by atoms with Crippen molar-refractivity contribution in [1.82, 2.24) is 0 Å². The number of benzene rings is 1. The molecule has 98 valence electrons. The molecule has 1 aliphatic carbocycles. The Hall–Kier alpha value is -0.350. The molecule has 1 fully saturated rings. The fourth-order valence-electron chi connectivity index (χ4n) is 1.39. The molecule has 0 saturated heterocycles. The molecule has 18 heavy (non-hydrogen) atoms. The van der Waals surface area contributed by atoms with Gasteiger partial charge in [0.05, 0.1) is 11.6 Å². The quantitative estimate of drug-likeness (QED) is 0.595. The van der Waals surface area contributed by atoms with Crippen LogP contribution in [0.3, 0.4) is 0 Å². The van der Waals surface area contributed by atoms with Gasteiger partial charge < -0.3 is 9.47 Å². The van der Waals surface area contributed by atoms with Crippen molar-refractivity contribution in [1.29, 1.82) is 0 Å². The first-order chi connectivity index (χ1) is 8.38. The smallest absolute Gasteiger partial charge is 0.409 e. The van der Waals surface area contributed by atoms with E-state index in [4.69, 9.17) is 55.9 Å². The third-order valence-electron chi connectivity index (χ3n) is 2.50. The van der Waals surface area contributed by atoms with Crippen LogP contribution in [0.25, 0.3) is 0 Å². The van der Waals surface area contributed by atoms with Crippen molar-refractivity contribution in [3.63, 3.8) is 0 Å². The van der Waals surface area contributed by atoms with E-state index in [1.54, 1.807) is 6.07 Å². The molecule has 0 spiro atoms. The van der Waals surface area contributed by atoms with Crippen molar-refractivity contribution in [2.75, 3.05) is 6.61 Å². The largest absolute Gasteiger partial charge is 0.491 e.